The van der Waals surface area contributed by atoms with Crippen molar-refractivity contribution < 1.29 is 8.81 Å². The normalized spacial score (nSPS) is 11.1. The molecular weight excluding hydrogens is 579 g/mol. The number of fused-ring (bicyclic) bond motifs is 1. The second kappa shape index (κ2) is 12.3. The molecule has 0 atom stereocenters. The molecule has 47 heavy (non-hydrogen) atoms. The van der Waals surface area contributed by atoms with Crippen LogP contribution in [0.3, 0.4) is 0 Å². The van der Waals surface area contributed by atoms with Crippen LogP contribution in [-0.4, -0.2) is 4.98 Å². The average molecular weight is 609 g/mol. The maximum Gasteiger partial charge on any atom is 0.227 e. The molecule has 0 unspecified atom stereocenters. The lowest BCUT2D eigenvalue weighted by Crippen LogP contribution is -2.09. The SMILES string of the molecule is Fc1cccc2oc(-c3ccc(-c4ccccc4-c4ccccc4-c4ccc(N(c5ccccc5)c5ccccc5)cc4)cc3)nc12. The van der Waals surface area contributed by atoms with E-state index in [1.165, 1.54) is 6.07 Å². The first-order valence-corrected chi connectivity index (χ1v) is 15.6. The van der Waals surface area contributed by atoms with Crippen molar-refractivity contribution in [2.75, 3.05) is 4.90 Å². The van der Waals surface area contributed by atoms with Crippen molar-refractivity contribution in [3.05, 3.63) is 182 Å². The number of oxazole rings is 1. The van der Waals surface area contributed by atoms with Crippen molar-refractivity contribution in [1.82, 2.24) is 4.98 Å². The van der Waals surface area contributed by atoms with Crippen LogP contribution in [-0.2, 0) is 0 Å². The third-order valence-electron chi connectivity index (χ3n) is 8.42. The summed E-state index contributed by atoms with van der Waals surface area (Å²) in [5.74, 6) is 0.0119. The molecule has 224 valence electrons. The van der Waals surface area contributed by atoms with E-state index in [-0.39, 0.29) is 11.3 Å². The lowest BCUT2D eigenvalue weighted by molar-refractivity contribution is 0.617. The van der Waals surface area contributed by atoms with E-state index in [1.54, 1.807) is 12.1 Å². The van der Waals surface area contributed by atoms with E-state index in [2.05, 4.69) is 143 Å². The fourth-order valence-corrected chi connectivity index (χ4v) is 6.16. The van der Waals surface area contributed by atoms with E-state index in [9.17, 15) is 4.39 Å². The number of rotatable bonds is 7. The van der Waals surface area contributed by atoms with Crippen LogP contribution in [0.2, 0.25) is 0 Å². The van der Waals surface area contributed by atoms with Gasteiger partial charge in [0.1, 0.15) is 5.52 Å². The maximum atomic E-state index is 14.2. The van der Waals surface area contributed by atoms with Gasteiger partial charge in [0.25, 0.3) is 0 Å². The summed E-state index contributed by atoms with van der Waals surface area (Å²) in [7, 11) is 0. The van der Waals surface area contributed by atoms with Crippen molar-refractivity contribution in [3.8, 4) is 44.8 Å². The molecule has 3 nitrogen and oxygen atoms in total. The molecule has 1 aromatic heterocycles. The third kappa shape index (κ3) is 5.47. The minimum absolute atomic E-state index is 0.245. The summed E-state index contributed by atoms with van der Waals surface area (Å²) in [6, 6.07) is 59.5. The molecule has 0 aliphatic rings. The van der Waals surface area contributed by atoms with Crippen LogP contribution in [0.1, 0.15) is 0 Å². The predicted octanol–water partition coefficient (Wildman–Crippen LogP) is 12.1. The van der Waals surface area contributed by atoms with E-state index < -0.39 is 0 Å². The number of benzene rings is 7. The zero-order valence-electron chi connectivity index (χ0n) is 25.4. The highest BCUT2D eigenvalue weighted by Gasteiger charge is 2.16. The maximum absolute atomic E-state index is 14.2. The van der Waals surface area contributed by atoms with Gasteiger partial charge in [-0.2, -0.15) is 0 Å². The number of hydrogen-bond acceptors (Lipinski definition) is 3. The smallest absolute Gasteiger partial charge is 0.227 e. The number of para-hydroxylation sites is 3. The molecule has 7 aromatic carbocycles. The topological polar surface area (TPSA) is 29.3 Å². The van der Waals surface area contributed by atoms with Gasteiger partial charge in [0, 0.05) is 22.6 Å². The van der Waals surface area contributed by atoms with Crippen molar-refractivity contribution in [3.63, 3.8) is 0 Å². The molecule has 0 spiro atoms. The van der Waals surface area contributed by atoms with Gasteiger partial charge in [0.15, 0.2) is 11.4 Å². The molecule has 4 heteroatoms. The Labute approximate surface area is 272 Å². The Hall–Kier alpha value is -6.26. The van der Waals surface area contributed by atoms with E-state index in [1.807, 2.05) is 24.3 Å². The summed E-state index contributed by atoms with van der Waals surface area (Å²) < 4.78 is 20.1. The Balaban J connectivity index is 1.14. The Morgan fingerprint density at radius 1 is 0.404 bits per heavy atom. The van der Waals surface area contributed by atoms with Gasteiger partial charge in [0.2, 0.25) is 5.89 Å². The van der Waals surface area contributed by atoms with Crippen molar-refractivity contribution >= 4 is 28.2 Å². The highest BCUT2D eigenvalue weighted by Crippen LogP contribution is 2.40. The summed E-state index contributed by atoms with van der Waals surface area (Å²) >= 11 is 0. The average Bonchev–Trinajstić information content (AvgIpc) is 3.59. The number of halogens is 1. The standard InChI is InChI=1S/C43H29FN2O/c44-40-20-11-21-41-42(40)45-43(47-41)32-24-22-30(23-25-32)36-16-7-9-18-38(36)39-19-10-8-17-37(39)31-26-28-35(29-27-31)46(33-12-3-1-4-13-33)34-14-5-2-6-15-34/h1-29H. The van der Waals surface area contributed by atoms with Crippen molar-refractivity contribution in [2.45, 2.75) is 0 Å². The van der Waals surface area contributed by atoms with Crippen LogP contribution in [0.5, 0.6) is 0 Å². The summed E-state index contributed by atoms with van der Waals surface area (Å²) in [6.45, 7) is 0. The van der Waals surface area contributed by atoms with Crippen molar-refractivity contribution in [1.29, 1.82) is 0 Å². The van der Waals surface area contributed by atoms with Crippen molar-refractivity contribution in [2.24, 2.45) is 0 Å². The van der Waals surface area contributed by atoms with E-state index in [4.69, 9.17) is 4.42 Å². The number of hydrogen-bond donors (Lipinski definition) is 0. The molecule has 0 aliphatic heterocycles. The van der Waals surface area contributed by atoms with E-state index in [0.29, 0.717) is 11.5 Å². The van der Waals surface area contributed by atoms with Gasteiger partial charge in [-0.25, -0.2) is 9.37 Å². The molecule has 0 aliphatic carbocycles. The third-order valence-corrected chi connectivity index (χ3v) is 8.42. The first kappa shape index (κ1) is 28.2. The summed E-state index contributed by atoms with van der Waals surface area (Å²) in [6.07, 6.45) is 0. The quantitative estimate of drug-likeness (QED) is 0.180. The monoisotopic (exact) mass is 608 g/mol. The Morgan fingerprint density at radius 3 is 1.38 bits per heavy atom. The highest BCUT2D eigenvalue weighted by atomic mass is 19.1. The van der Waals surface area contributed by atoms with Gasteiger partial charge < -0.3 is 9.32 Å². The van der Waals surface area contributed by atoms with Crippen LogP contribution in [0.4, 0.5) is 21.5 Å². The fourth-order valence-electron chi connectivity index (χ4n) is 6.16. The number of nitrogens with zero attached hydrogens (tertiary/aromatic N) is 2. The van der Waals surface area contributed by atoms with Gasteiger partial charge >= 0.3 is 0 Å². The van der Waals surface area contributed by atoms with Gasteiger partial charge in [-0.05, 0) is 94.0 Å². The molecule has 1 heterocycles. The second-order valence-corrected chi connectivity index (χ2v) is 11.3. The molecule has 0 saturated carbocycles. The molecule has 0 saturated heterocycles. The summed E-state index contributed by atoms with van der Waals surface area (Å²) in [4.78, 5) is 6.67. The van der Waals surface area contributed by atoms with Gasteiger partial charge in [-0.15, -0.1) is 0 Å². The van der Waals surface area contributed by atoms with Crippen LogP contribution in [0, 0.1) is 5.82 Å². The molecule has 8 aromatic rings. The first-order valence-electron chi connectivity index (χ1n) is 15.6. The second-order valence-electron chi connectivity index (χ2n) is 11.3. The zero-order valence-corrected chi connectivity index (χ0v) is 25.4. The van der Waals surface area contributed by atoms with Crippen LogP contribution < -0.4 is 4.90 Å². The molecule has 0 fully saturated rings. The predicted molar refractivity (Wildman–Crippen MR) is 190 cm³/mol. The molecular formula is C43H29FN2O. The molecule has 0 radical (unpaired) electrons. The lowest BCUT2D eigenvalue weighted by atomic mass is 9.89. The largest absolute Gasteiger partial charge is 0.436 e. The number of aromatic nitrogens is 1. The Morgan fingerprint density at radius 2 is 0.851 bits per heavy atom. The Kier molecular flexibility index (Phi) is 7.37. The minimum Gasteiger partial charge on any atom is -0.436 e. The zero-order chi connectivity index (χ0) is 31.6. The van der Waals surface area contributed by atoms with Crippen LogP contribution in [0.15, 0.2) is 180 Å². The van der Waals surface area contributed by atoms with Gasteiger partial charge in [-0.3, -0.25) is 0 Å². The van der Waals surface area contributed by atoms with Gasteiger partial charge in [0.05, 0.1) is 0 Å². The number of anilines is 3. The van der Waals surface area contributed by atoms with E-state index >= 15 is 0 Å². The van der Waals surface area contributed by atoms with Crippen LogP contribution in [0.25, 0.3) is 55.9 Å². The molecule has 0 bridgehead atoms. The molecule has 8 rings (SSSR count). The summed E-state index contributed by atoms with van der Waals surface area (Å²) in [5.41, 5.74) is 11.5. The lowest BCUT2D eigenvalue weighted by Gasteiger charge is -2.25. The highest BCUT2D eigenvalue weighted by molar-refractivity contribution is 5.92. The van der Waals surface area contributed by atoms with E-state index in [0.717, 1.165) is 56.0 Å². The minimum atomic E-state index is -0.388. The van der Waals surface area contributed by atoms with Crippen LogP contribution >= 0.6 is 0 Å². The molecule has 0 amide bonds. The Bertz CT molecular complexity index is 2250. The molecule has 0 N–H and O–H groups in total. The van der Waals surface area contributed by atoms with Gasteiger partial charge in [-0.1, -0.05) is 115 Å². The fraction of sp³-hybridized carbons (Fsp3) is 0. The first-order chi connectivity index (χ1) is 23.2. The summed E-state index contributed by atoms with van der Waals surface area (Å²) in [5, 5.41) is 0.